The summed E-state index contributed by atoms with van der Waals surface area (Å²) in [6.07, 6.45) is 0. The normalized spacial score (nSPS) is 14.0. The summed E-state index contributed by atoms with van der Waals surface area (Å²) in [7, 11) is 2.00. The highest BCUT2D eigenvalue weighted by atomic mass is 16.2. The van der Waals surface area contributed by atoms with Gasteiger partial charge in [-0.15, -0.1) is 0 Å². The molecule has 0 saturated carbocycles. The van der Waals surface area contributed by atoms with Crippen LogP contribution < -0.4 is 21.1 Å². The van der Waals surface area contributed by atoms with Crippen molar-refractivity contribution in [2.24, 2.45) is 5.84 Å². The van der Waals surface area contributed by atoms with E-state index in [0.717, 1.165) is 11.4 Å². The molecule has 3 N–H and O–H groups in total. The predicted molar refractivity (Wildman–Crippen MR) is 59.4 cm³/mol. The quantitative estimate of drug-likeness (QED) is 0.402. The van der Waals surface area contributed by atoms with Crippen molar-refractivity contribution in [3.05, 3.63) is 24.3 Å². The van der Waals surface area contributed by atoms with Crippen molar-refractivity contribution in [3.63, 3.8) is 0 Å². The van der Waals surface area contributed by atoms with Crippen LogP contribution in [0.1, 0.15) is 0 Å². The topological polar surface area (TPSA) is 61.6 Å². The molecule has 0 fully saturated rings. The third-order valence-corrected chi connectivity index (χ3v) is 2.51. The summed E-state index contributed by atoms with van der Waals surface area (Å²) in [4.78, 5) is 15.3. The summed E-state index contributed by atoms with van der Waals surface area (Å²) in [5.74, 6) is 4.88. The standard InChI is InChI=1S/C10H14N4O/c1-13-7-14(6-10(15)12-11)9-5-3-2-4-8(9)13/h2-5H,6-7,11H2,1H3,(H,12,15). The molecule has 0 aromatic heterocycles. The number of nitrogens with two attached hydrogens (primary N) is 1. The van der Waals surface area contributed by atoms with Gasteiger partial charge in [0.05, 0.1) is 24.6 Å². The Morgan fingerprint density at radius 2 is 2.13 bits per heavy atom. The van der Waals surface area contributed by atoms with Crippen molar-refractivity contribution >= 4 is 17.3 Å². The second kappa shape index (κ2) is 3.78. The van der Waals surface area contributed by atoms with Crippen LogP contribution >= 0.6 is 0 Å². The molecular formula is C10H14N4O. The Morgan fingerprint density at radius 3 is 2.80 bits per heavy atom. The molecule has 1 aliphatic rings. The Balaban J connectivity index is 2.21. The monoisotopic (exact) mass is 206 g/mol. The first kappa shape index (κ1) is 9.79. The van der Waals surface area contributed by atoms with Gasteiger partial charge in [0.15, 0.2) is 0 Å². The van der Waals surface area contributed by atoms with Crippen LogP contribution in [0.4, 0.5) is 11.4 Å². The van der Waals surface area contributed by atoms with Gasteiger partial charge in [-0.2, -0.15) is 0 Å². The van der Waals surface area contributed by atoms with Crippen LogP contribution in [-0.4, -0.2) is 26.2 Å². The van der Waals surface area contributed by atoms with E-state index in [9.17, 15) is 4.79 Å². The number of carbonyl (C=O) groups is 1. The minimum absolute atomic E-state index is 0.180. The average molecular weight is 206 g/mol. The smallest absolute Gasteiger partial charge is 0.253 e. The fourth-order valence-corrected chi connectivity index (χ4v) is 1.82. The third-order valence-electron chi connectivity index (χ3n) is 2.51. The number of anilines is 2. The number of rotatable bonds is 2. The molecular weight excluding hydrogens is 192 g/mol. The average Bonchev–Trinajstić information content (AvgIpc) is 2.57. The number of fused-ring (bicyclic) bond motifs is 1. The zero-order valence-corrected chi connectivity index (χ0v) is 8.60. The second-order valence-electron chi connectivity index (χ2n) is 3.59. The number of hydrazine groups is 1. The van der Waals surface area contributed by atoms with E-state index in [1.807, 2.05) is 36.2 Å². The molecule has 1 aromatic carbocycles. The van der Waals surface area contributed by atoms with E-state index in [1.54, 1.807) is 0 Å². The Morgan fingerprint density at radius 1 is 1.47 bits per heavy atom. The first-order valence-electron chi connectivity index (χ1n) is 4.77. The van der Waals surface area contributed by atoms with Gasteiger partial charge in [-0.25, -0.2) is 5.84 Å². The Hall–Kier alpha value is -1.75. The zero-order valence-electron chi connectivity index (χ0n) is 8.60. The first-order valence-corrected chi connectivity index (χ1v) is 4.77. The lowest BCUT2D eigenvalue weighted by Crippen LogP contribution is -2.41. The van der Waals surface area contributed by atoms with Gasteiger partial charge in [0.2, 0.25) is 0 Å². The van der Waals surface area contributed by atoms with Crippen LogP contribution in [0.25, 0.3) is 0 Å². The summed E-state index contributed by atoms with van der Waals surface area (Å²) >= 11 is 0. The lowest BCUT2D eigenvalue weighted by molar-refractivity contribution is -0.119. The molecule has 0 atom stereocenters. The molecule has 0 unspecified atom stereocenters. The van der Waals surface area contributed by atoms with Crippen molar-refractivity contribution < 1.29 is 4.79 Å². The van der Waals surface area contributed by atoms with Gasteiger partial charge in [0.25, 0.3) is 5.91 Å². The van der Waals surface area contributed by atoms with Gasteiger partial charge >= 0.3 is 0 Å². The Kier molecular flexibility index (Phi) is 2.47. The van der Waals surface area contributed by atoms with Gasteiger partial charge in [0, 0.05) is 7.05 Å². The molecule has 15 heavy (non-hydrogen) atoms. The third kappa shape index (κ3) is 1.73. The van der Waals surface area contributed by atoms with Crippen molar-refractivity contribution in [2.75, 3.05) is 30.1 Å². The largest absolute Gasteiger partial charge is 0.355 e. The molecule has 1 heterocycles. The minimum Gasteiger partial charge on any atom is -0.355 e. The number of para-hydroxylation sites is 2. The molecule has 2 rings (SSSR count). The number of amides is 1. The van der Waals surface area contributed by atoms with E-state index in [2.05, 4.69) is 10.3 Å². The molecule has 0 saturated heterocycles. The molecule has 80 valence electrons. The first-order chi connectivity index (χ1) is 7.22. The number of carbonyl (C=O) groups excluding carboxylic acids is 1. The Bertz CT molecular complexity index is 379. The highest BCUT2D eigenvalue weighted by Gasteiger charge is 2.23. The number of benzene rings is 1. The molecule has 5 nitrogen and oxygen atoms in total. The molecule has 0 spiro atoms. The van der Waals surface area contributed by atoms with Crippen molar-refractivity contribution in [1.29, 1.82) is 0 Å². The van der Waals surface area contributed by atoms with E-state index in [0.29, 0.717) is 6.67 Å². The summed E-state index contributed by atoms with van der Waals surface area (Å²) in [6, 6.07) is 7.99. The van der Waals surface area contributed by atoms with Gasteiger partial charge in [-0.05, 0) is 12.1 Å². The molecule has 0 aliphatic carbocycles. The molecule has 1 aliphatic heterocycles. The highest BCUT2D eigenvalue weighted by molar-refractivity contribution is 5.85. The van der Waals surface area contributed by atoms with Crippen molar-refractivity contribution in [1.82, 2.24) is 5.43 Å². The zero-order chi connectivity index (χ0) is 10.8. The van der Waals surface area contributed by atoms with Crippen LogP contribution in [0.2, 0.25) is 0 Å². The summed E-state index contributed by atoms with van der Waals surface area (Å²) < 4.78 is 0. The van der Waals surface area contributed by atoms with Crippen molar-refractivity contribution in [3.8, 4) is 0 Å². The SMILES string of the molecule is CN1CN(CC(=O)NN)c2ccccc21. The lowest BCUT2D eigenvalue weighted by atomic mass is 10.2. The second-order valence-corrected chi connectivity index (χ2v) is 3.59. The van der Waals surface area contributed by atoms with E-state index >= 15 is 0 Å². The predicted octanol–water partition coefficient (Wildman–Crippen LogP) is -0.110. The number of nitrogens with one attached hydrogen (secondary N) is 1. The molecule has 5 heteroatoms. The maximum Gasteiger partial charge on any atom is 0.253 e. The fourth-order valence-electron chi connectivity index (χ4n) is 1.82. The number of hydrogen-bond donors (Lipinski definition) is 2. The number of hydrogen-bond acceptors (Lipinski definition) is 4. The van der Waals surface area contributed by atoms with Crippen LogP contribution in [-0.2, 0) is 4.79 Å². The summed E-state index contributed by atoms with van der Waals surface area (Å²) in [5, 5.41) is 0. The summed E-state index contributed by atoms with van der Waals surface area (Å²) in [6.45, 7) is 1.00. The van der Waals surface area contributed by atoms with E-state index in [4.69, 9.17) is 5.84 Å². The van der Waals surface area contributed by atoms with E-state index in [1.165, 1.54) is 0 Å². The maximum absolute atomic E-state index is 11.2. The van der Waals surface area contributed by atoms with Gasteiger partial charge in [-0.1, -0.05) is 12.1 Å². The van der Waals surface area contributed by atoms with Gasteiger partial charge in [-0.3, -0.25) is 10.2 Å². The van der Waals surface area contributed by atoms with Gasteiger partial charge in [0.1, 0.15) is 0 Å². The van der Waals surface area contributed by atoms with Crippen LogP contribution in [0.5, 0.6) is 0 Å². The van der Waals surface area contributed by atoms with Crippen molar-refractivity contribution in [2.45, 2.75) is 0 Å². The molecule has 1 aromatic rings. The fraction of sp³-hybridized carbons (Fsp3) is 0.300. The maximum atomic E-state index is 11.2. The molecule has 0 bridgehead atoms. The molecule has 0 radical (unpaired) electrons. The van der Waals surface area contributed by atoms with Crippen LogP contribution in [0, 0.1) is 0 Å². The summed E-state index contributed by atoms with van der Waals surface area (Å²) in [5.41, 5.74) is 4.35. The van der Waals surface area contributed by atoms with Crippen LogP contribution in [0.3, 0.4) is 0 Å². The lowest BCUT2D eigenvalue weighted by Gasteiger charge is -2.17. The van der Waals surface area contributed by atoms with E-state index < -0.39 is 0 Å². The minimum atomic E-state index is -0.180. The Labute approximate surface area is 88.4 Å². The highest BCUT2D eigenvalue weighted by Crippen LogP contribution is 2.33. The van der Waals surface area contributed by atoms with Gasteiger partial charge < -0.3 is 9.80 Å². The molecule has 1 amide bonds. The van der Waals surface area contributed by atoms with E-state index in [-0.39, 0.29) is 12.5 Å². The number of nitrogens with zero attached hydrogens (tertiary/aromatic N) is 2. The van der Waals surface area contributed by atoms with Crippen LogP contribution in [0.15, 0.2) is 24.3 Å².